The Morgan fingerprint density at radius 2 is 1.62 bits per heavy atom. The molecule has 0 atom stereocenters. The molecule has 8 heteroatoms. The van der Waals surface area contributed by atoms with Crippen molar-refractivity contribution in [2.75, 3.05) is 0 Å². The average Bonchev–Trinajstić information content (AvgIpc) is 1.98. The van der Waals surface area contributed by atoms with E-state index in [0.717, 1.165) is 13.8 Å². The number of hydrogen-bond acceptors (Lipinski definition) is 4. The summed E-state index contributed by atoms with van der Waals surface area (Å²) in [6.45, 7) is 2.21. The maximum Gasteiger partial charge on any atom is 0.388 e. The van der Waals surface area contributed by atoms with Crippen molar-refractivity contribution in [3.63, 3.8) is 0 Å². The van der Waals surface area contributed by atoms with Gasteiger partial charge in [0.15, 0.2) is 0 Å². The second kappa shape index (κ2) is 6.51. The summed E-state index contributed by atoms with van der Waals surface area (Å²) in [4.78, 5) is 21.2. The molecule has 0 heterocycles. The molecule has 0 radical (unpaired) electrons. The molecule has 0 aliphatic carbocycles. The molecule has 0 aromatic rings. The van der Waals surface area contributed by atoms with Gasteiger partial charge in [0, 0.05) is 20.3 Å². The van der Waals surface area contributed by atoms with Crippen LogP contribution in [0.5, 0.6) is 0 Å². The van der Waals surface area contributed by atoms with Crippen LogP contribution in [0.1, 0.15) is 20.3 Å². The lowest BCUT2D eigenvalue weighted by Gasteiger charge is -2.16. The van der Waals surface area contributed by atoms with Crippen LogP contribution in [0, 0.1) is 0 Å². The van der Waals surface area contributed by atoms with Crippen LogP contribution in [0.2, 0.25) is 6.04 Å². The zero-order chi connectivity index (χ0) is 12.8. The van der Waals surface area contributed by atoms with Gasteiger partial charge in [-0.25, -0.2) is 0 Å². The first-order valence-corrected chi connectivity index (χ1v) is 6.43. The summed E-state index contributed by atoms with van der Waals surface area (Å²) in [5.41, 5.74) is 0. The van der Waals surface area contributed by atoms with E-state index in [1.165, 1.54) is 0 Å². The van der Waals surface area contributed by atoms with Crippen molar-refractivity contribution >= 4 is 21.5 Å². The molecular weight excluding hydrogens is 245 g/mol. The molecule has 0 saturated heterocycles. The lowest BCUT2D eigenvalue weighted by molar-refractivity contribution is -0.171. The van der Waals surface area contributed by atoms with Crippen LogP contribution >= 0.6 is 0 Å². The van der Waals surface area contributed by atoms with Crippen LogP contribution in [0.15, 0.2) is 0 Å². The van der Waals surface area contributed by atoms with Gasteiger partial charge in [-0.1, -0.05) is 0 Å². The summed E-state index contributed by atoms with van der Waals surface area (Å²) in [5.74, 6) is -2.45. The maximum absolute atomic E-state index is 11.8. The number of rotatable bonds is 5. The topological polar surface area (TPSA) is 52.6 Å². The molecule has 4 nitrogen and oxygen atoms in total. The lowest BCUT2D eigenvalue weighted by Crippen LogP contribution is -2.29. The molecule has 16 heavy (non-hydrogen) atoms. The van der Waals surface area contributed by atoms with Gasteiger partial charge in [-0.15, -0.1) is 0 Å². The molecular formula is C8H13F3O4Si. The number of halogens is 3. The Hall–Kier alpha value is -1.05. The van der Waals surface area contributed by atoms with Gasteiger partial charge < -0.3 is 9.47 Å². The zero-order valence-electron chi connectivity index (χ0n) is 8.97. The third-order valence-corrected chi connectivity index (χ3v) is 3.06. The van der Waals surface area contributed by atoms with E-state index in [2.05, 4.69) is 9.47 Å². The standard InChI is InChI=1S/C8H13F3O4Si/c1-5(12)14-7(15-6(2)13)16-4-3-8(9,10)11/h7H,3-4,16H2,1-2H3. The smallest absolute Gasteiger partial charge is 0.388 e. The molecule has 0 bridgehead atoms. The number of ether oxygens (including phenoxy) is 2. The highest BCUT2D eigenvalue weighted by molar-refractivity contribution is 6.37. The van der Waals surface area contributed by atoms with Gasteiger partial charge in [-0.3, -0.25) is 9.59 Å². The summed E-state index contributed by atoms with van der Waals surface area (Å²) < 4.78 is 44.7. The maximum atomic E-state index is 11.8. The van der Waals surface area contributed by atoms with E-state index in [4.69, 9.17) is 0 Å². The molecule has 0 aliphatic rings. The van der Waals surface area contributed by atoms with Crippen molar-refractivity contribution in [1.82, 2.24) is 0 Å². The zero-order valence-corrected chi connectivity index (χ0v) is 10.4. The van der Waals surface area contributed by atoms with Gasteiger partial charge in [-0.05, 0) is 6.04 Å². The largest absolute Gasteiger partial charge is 0.431 e. The molecule has 0 amide bonds. The van der Waals surface area contributed by atoms with Crippen LogP contribution < -0.4 is 0 Å². The SMILES string of the molecule is CC(=O)OC(OC(C)=O)[SiH2]CCC(F)(F)F. The lowest BCUT2D eigenvalue weighted by atomic mass is 10.5. The summed E-state index contributed by atoms with van der Waals surface area (Å²) in [6, 6.07) is -0.130. The van der Waals surface area contributed by atoms with E-state index in [9.17, 15) is 22.8 Å². The quantitative estimate of drug-likeness (QED) is 0.418. The third kappa shape index (κ3) is 9.50. The van der Waals surface area contributed by atoms with Gasteiger partial charge in [-0.2, -0.15) is 13.2 Å². The first-order valence-electron chi connectivity index (χ1n) is 4.62. The van der Waals surface area contributed by atoms with Gasteiger partial charge in [0.1, 0.15) is 9.52 Å². The molecule has 0 fully saturated rings. The number of esters is 2. The van der Waals surface area contributed by atoms with Crippen LogP contribution in [0.4, 0.5) is 13.2 Å². The minimum absolute atomic E-state index is 0.130. The van der Waals surface area contributed by atoms with Crippen LogP contribution in [-0.2, 0) is 19.1 Å². The normalized spacial score (nSPS) is 12.1. The average molecular weight is 258 g/mol. The summed E-state index contributed by atoms with van der Waals surface area (Å²) in [7, 11) is -1.45. The highest BCUT2D eigenvalue weighted by Gasteiger charge is 2.27. The second-order valence-corrected chi connectivity index (χ2v) is 5.11. The molecule has 0 aromatic carbocycles. The molecule has 0 N–H and O–H groups in total. The Morgan fingerprint density at radius 3 is 1.94 bits per heavy atom. The highest BCUT2D eigenvalue weighted by atomic mass is 28.2. The number of alkyl halides is 3. The fourth-order valence-corrected chi connectivity index (χ4v) is 2.62. The summed E-state index contributed by atoms with van der Waals surface area (Å²) in [5, 5.41) is 0. The Bertz CT molecular complexity index is 238. The van der Waals surface area contributed by atoms with E-state index in [1.807, 2.05) is 0 Å². The van der Waals surface area contributed by atoms with Crippen molar-refractivity contribution in [3.8, 4) is 0 Å². The predicted molar refractivity (Wildman–Crippen MR) is 51.3 cm³/mol. The Kier molecular flexibility index (Phi) is 6.08. The minimum atomic E-state index is -4.23. The van der Waals surface area contributed by atoms with Gasteiger partial charge in [0.2, 0.25) is 5.91 Å². The Morgan fingerprint density at radius 1 is 1.19 bits per heavy atom. The van der Waals surface area contributed by atoms with Crippen molar-refractivity contribution < 1.29 is 32.2 Å². The molecule has 0 aromatic heterocycles. The van der Waals surface area contributed by atoms with Crippen LogP contribution in [0.3, 0.4) is 0 Å². The molecule has 0 saturated carbocycles. The van der Waals surface area contributed by atoms with E-state index < -0.39 is 40.0 Å². The van der Waals surface area contributed by atoms with Crippen molar-refractivity contribution in [1.29, 1.82) is 0 Å². The van der Waals surface area contributed by atoms with Crippen LogP contribution in [-0.4, -0.2) is 33.5 Å². The summed E-state index contributed by atoms with van der Waals surface area (Å²) >= 11 is 0. The second-order valence-electron chi connectivity index (χ2n) is 3.16. The Labute approximate surface area is 92.9 Å². The van der Waals surface area contributed by atoms with E-state index in [1.54, 1.807) is 0 Å². The monoisotopic (exact) mass is 258 g/mol. The molecule has 0 unspecified atom stereocenters. The number of hydrogen-bond donors (Lipinski definition) is 0. The predicted octanol–water partition coefficient (Wildman–Crippen LogP) is 0.936. The van der Waals surface area contributed by atoms with Crippen molar-refractivity contribution in [3.05, 3.63) is 0 Å². The minimum Gasteiger partial charge on any atom is -0.431 e. The first kappa shape index (κ1) is 14.9. The van der Waals surface area contributed by atoms with E-state index in [0.29, 0.717) is 0 Å². The van der Waals surface area contributed by atoms with E-state index in [-0.39, 0.29) is 6.04 Å². The fraction of sp³-hybridized carbons (Fsp3) is 0.750. The summed E-state index contributed by atoms with van der Waals surface area (Å²) in [6.07, 6.45) is -5.18. The Balaban J connectivity index is 4.01. The van der Waals surface area contributed by atoms with Crippen LogP contribution in [0.25, 0.3) is 0 Å². The van der Waals surface area contributed by atoms with Gasteiger partial charge in [0.05, 0.1) is 0 Å². The van der Waals surface area contributed by atoms with Gasteiger partial charge in [0.25, 0.3) is 0 Å². The third-order valence-electron chi connectivity index (χ3n) is 1.49. The first-order chi connectivity index (χ1) is 7.20. The van der Waals surface area contributed by atoms with Gasteiger partial charge >= 0.3 is 18.1 Å². The van der Waals surface area contributed by atoms with E-state index >= 15 is 0 Å². The fourth-order valence-electron chi connectivity index (χ4n) is 0.981. The highest BCUT2D eigenvalue weighted by Crippen LogP contribution is 2.21. The molecule has 94 valence electrons. The molecule has 0 spiro atoms. The van der Waals surface area contributed by atoms with Crippen molar-refractivity contribution in [2.45, 2.75) is 38.4 Å². The molecule has 0 aliphatic heterocycles. The number of carbonyl (C=O) groups is 2. The van der Waals surface area contributed by atoms with Crippen molar-refractivity contribution in [2.24, 2.45) is 0 Å². The molecule has 0 rings (SSSR count). The number of carbonyl (C=O) groups excluding carboxylic acids is 2.